The molecule has 1 fully saturated rings. The summed E-state index contributed by atoms with van der Waals surface area (Å²) in [4.78, 5) is 13.6. The Balaban J connectivity index is 1.53. The Kier molecular flexibility index (Phi) is 4.31. The molecule has 2 aromatic heterocycles. The molecule has 1 N–H and O–H groups in total. The van der Waals surface area contributed by atoms with Gasteiger partial charge in [0.05, 0.1) is 0 Å². The van der Waals surface area contributed by atoms with Gasteiger partial charge in [-0.05, 0) is 23.8 Å². The number of nitrogens with one attached hydrogen (secondary N) is 1. The maximum Gasteiger partial charge on any atom is 0.128 e. The molecule has 0 unspecified atom stereocenters. The second-order valence-electron chi connectivity index (χ2n) is 5.25. The van der Waals surface area contributed by atoms with Crippen molar-refractivity contribution in [2.45, 2.75) is 6.54 Å². The highest BCUT2D eigenvalue weighted by Crippen LogP contribution is 2.14. The van der Waals surface area contributed by atoms with Gasteiger partial charge in [-0.15, -0.1) is 0 Å². The lowest BCUT2D eigenvalue weighted by atomic mass is 10.2. The van der Waals surface area contributed by atoms with Crippen molar-refractivity contribution in [3.63, 3.8) is 0 Å². The highest BCUT2D eigenvalue weighted by molar-refractivity contribution is 5.38. The van der Waals surface area contributed by atoms with E-state index in [4.69, 9.17) is 0 Å². The molecule has 1 aliphatic rings. The Morgan fingerprint density at radius 1 is 1.05 bits per heavy atom. The molecule has 0 aliphatic carbocycles. The minimum atomic E-state index is 0.915. The van der Waals surface area contributed by atoms with E-state index in [2.05, 4.69) is 37.2 Å². The standard InChI is InChI=1S/C16H21N5/c1-17-15-6-5-14(12-19-15)13-20-8-10-21(11-9-20)16-4-2-3-7-18-16/h2-7,12H,8-11,13H2,1H3,(H,17,19). The van der Waals surface area contributed by atoms with Crippen LogP contribution in [0, 0.1) is 0 Å². The van der Waals surface area contributed by atoms with Crippen molar-refractivity contribution in [3.05, 3.63) is 48.3 Å². The molecule has 0 saturated carbocycles. The molecular weight excluding hydrogens is 262 g/mol. The number of aromatic nitrogens is 2. The number of hydrogen-bond donors (Lipinski definition) is 1. The quantitative estimate of drug-likeness (QED) is 0.927. The third-order valence-corrected chi connectivity index (χ3v) is 3.83. The predicted octanol–water partition coefficient (Wildman–Crippen LogP) is 1.84. The Morgan fingerprint density at radius 3 is 2.52 bits per heavy atom. The van der Waals surface area contributed by atoms with Gasteiger partial charge in [0.2, 0.25) is 0 Å². The number of pyridine rings is 2. The topological polar surface area (TPSA) is 44.3 Å². The number of nitrogens with zero attached hydrogens (tertiary/aromatic N) is 4. The van der Waals surface area contributed by atoms with Crippen LogP contribution in [0.25, 0.3) is 0 Å². The van der Waals surface area contributed by atoms with Crippen molar-refractivity contribution in [2.75, 3.05) is 43.4 Å². The van der Waals surface area contributed by atoms with E-state index in [1.165, 1.54) is 5.56 Å². The van der Waals surface area contributed by atoms with Crippen LogP contribution in [0.3, 0.4) is 0 Å². The van der Waals surface area contributed by atoms with Crippen LogP contribution in [0.2, 0.25) is 0 Å². The summed E-state index contributed by atoms with van der Waals surface area (Å²) < 4.78 is 0. The molecule has 5 heteroatoms. The van der Waals surface area contributed by atoms with Crippen LogP contribution in [0.4, 0.5) is 11.6 Å². The number of piperazine rings is 1. The van der Waals surface area contributed by atoms with E-state index in [-0.39, 0.29) is 0 Å². The first-order chi connectivity index (χ1) is 10.3. The molecule has 21 heavy (non-hydrogen) atoms. The van der Waals surface area contributed by atoms with Gasteiger partial charge >= 0.3 is 0 Å². The molecule has 5 nitrogen and oxygen atoms in total. The Hall–Kier alpha value is -2.14. The summed E-state index contributed by atoms with van der Waals surface area (Å²) in [5.74, 6) is 2.00. The third-order valence-electron chi connectivity index (χ3n) is 3.83. The van der Waals surface area contributed by atoms with Crippen LogP contribution in [0.1, 0.15) is 5.56 Å². The van der Waals surface area contributed by atoms with E-state index in [0.717, 1.165) is 44.4 Å². The van der Waals surface area contributed by atoms with E-state index in [1.54, 1.807) is 0 Å². The van der Waals surface area contributed by atoms with Crippen LogP contribution in [-0.2, 0) is 6.54 Å². The zero-order chi connectivity index (χ0) is 14.5. The second-order valence-corrected chi connectivity index (χ2v) is 5.25. The van der Waals surface area contributed by atoms with Crippen LogP contribution < -0.4 is 10.2 Å². The molecule has 0 aromatic carbocycles. The molecule has 1 aliphatic heterocycles. The van der Waals surface area contributed by atoms with Gasteiger partial charge in [-0.25, -0.2) is 9.97 Å². The van der Waals surface area contributed by atoms with Crippen molar-refractivity contribution >= 4 is 11.6 Å². The molecule has 1 saturated heterocycles. The minimum absolute atomic E-state index is 0.915. The summed E-state index contributed by atoms with van der Waals surface area (Å²) in [5, 5.41) is 3.04. The molecular formula is C16H21N5. The van der Waals surface area contributed by atoms with Crippen LogP contribution >= 0.6 is 0 Å². The maximum absolute atomic E-state index is 4.42. The molecule has 110 valence electrons. The molecule has 2 aromatic rings. The van der Waals surface area contributed by atoms with Gasteiger partial charge in [0.1, 0.15) is 11.6 Å². The summed E-state index contributed by atoms with van der Waals surface area (Å²) in [6.07, 6.45) is 3.81. The average Bonchev–Trinajstić information content (AvgIpc) is 2.57. The fraction of sp³-hybridized carbons (Fsp3) is 0.375. The van der Waals surface area contributed by atoms with Crippen molar-refractivity contribution in [1.82, 2.24) is 14.9 Å². The van der Waals surface area contributed by atoms with Crippen LogP contribution in [-0.4, -0.2) is 48.1 Å². The second kappa shape index (κ2) is 6.54. The van der Waals surface area contributed by atoms with E-state index in [0.29, 0.717) is 0 Å². The largest absolute Gasteiger partial charge is 0.373 e. The predicted molar refractivity (Wildman–Crippen MR) is 85.5 cm³/mol. The van der Waals surface area contributed by atoms with E-state index < -0.39 is 0 Å². The minimum Gasteiger partial charge on any atom is -0.373 e. The smallest absolute Gasteiger partial charge is 0.128 e. The molecule has 0 radical (unpaired) electrons. The average molecular weight is 283 g/mol. The monoisotopic (exact) mass is 283 g/mol. The first-order valence-electron chi connectivity index (χ1n) is 7.36. The zero-order valence-electron chi connectivity index (χ0n) is 12.4. The number of anilines is 2. The van der Waals surface area contributed by atoms with Crippen LogP contribution in [0.5, 0.6) is 0 Å². The van der Waals surface area contributed by atoms with Gasteiger partial charge in [-0.2, -0.15) is 0 Å². The van der Waals surface area contributed by atoms with Gasteiger partial charge in [0.15, 0.2) is 0 Å². The molecule has 0 spiro atoms. The van der Waals surface area contributed by atoms with E-state index in [9.17, 15) is 0 Å². The summed E-state index contributed by atoms with van der Waals surface area (Å²) in [6.45, 7) is 5.14. The fourth-order valence-corrected chi connectivity index (χ4v) is 2.60. The lowest BCUT2D eigenvalue weighted by Crippen LogP contribution is -2.46. The lowest BCUT2D eigenvalue weighted by molar-refractivity contribution is 0.249. The molecule has 0 bridgehead atoms. The van der Waals surface area contributed by atoms with Crippen LogP contribution in [0.15, 0.2) is 42.7 Å². The number of hydrogen-bond acceptors (Lipinski definition) is 5. The Bertz CT molecular complexity index is 547. The molecule has 0 amide bonds. The van der Waals surface area contributed by atoms with Crippen molar-refractivity contribution in [2.24, 2.45) is 0 Å². The summed E-state index contributed by atoms with van der Waals surface area (Å²) >= 11 is 0. The first kappa shape index (κ1) is 13.8. The normalized spacial score (nSPS) is 16.0. The van der Waals surface area contributed by atoms with Gasteiger partial charge < -0.3 is 10.2 Å². The third kappa shape index (κ3) is 3.49. The molecule has 3 rings (SSSR count). The van der Waals surface area contributed by atoms with Crippen molar-refractivity contribution < 1.29 is 0 Å². The van der Waals surface area contributed by atoms with Gasteiger partial charge in [0.25, 0.3) is 0 Å². The van der Waals surface area contributed by atoms with Gasteiger partial charge in [0, 0.05) is 52.2 Å². The van der Waals surface area contributed by atoms with E-state index >= 15 is 0 Å². The Labute approximate surface area is 125 Å². The fourth-order valence-electron chi connectivity index (χ4n) is 2.60. The molecule has 0 atom stereocenters. The van der Waals surface area contributed by atoms with Crippen molar-refractivity contribution in [3.8, 4) is 0 Å². The first-order valence-corrected chi connectivity index (χ1v) is 7.36. The number of rotatable bonds is 4. The zero-order valence-corrected chi connectivity index (χ0v) is 12.4. The SMILES string of the molecule is CNc1ccc(CN2CCN(c3ccccn3)CC2)cn1. The molecule has 3 heterocycles. The lowest BCUT2D eigenvalue weighted by Gasteiger charge is -2.35. The van der Waals surface area contributed by atoms with Gasteiger partial charge in [-0.1, -0.05) is 12.1 Å². The highest BCUT2D eigenvalue weighted by Gasteiger charge is 2.17. The summed E-state index contributed by atoms with van der Waals surface area (Å²) in [7, 11) is 1.89. The Morgan fingerprint density at radius 2 is 1.90 bits per heavy atom. The van der Waals surface area contributed by atoms with Crippen molar-refractivity contribution in [1.29, 1.82) is 0 Å². The summed E-state index contributed by atoms with van der Waals surface area (Å²) in [5.41, 5.74) is 1.26. The summed E-state index contributed by atoms with van der Waals surface area (Å²) in [6, 6.07) is 10.3. The van der Waals surface area contributed by atoms with E-state index in [1.807, 2.05) is 37.6 Å². The maximum atomic E-state index is 4.42. The highest BCUT2D eigenvalue weighted by atomic mass is 15.3. The van der Waals surface area contributed by atoms with Gasteiger partial charge in [-0.3, -0.25) is 4.90 Å².